The summed E-state index contributed by atoms with van der Waals surface area (Å²) in [6.07, 6.45) is 0.710. The average Bonchev–Trinajstić information content (AvgIpc) is 3.41. The smallest absolute Gasteiger partial charge is 0.338 e. The number of hydrogen-bond acceptors (Lipinski definition) is 8. The summed E-state index contributed by atoms with van der Waals surface area (Å²) in [7, 11) is 0. The number of carbonyl (C=O) groups excluding carboxylic acids is 1. The number of nitrogens with one attached hydrogen (secondary N) is 1. The maximum absolute atomic E-state index is 13.4. The van der Waals surface area contributed by atoms with Gasteiger partial charge in [0.2, 0.25) is 11.1 Å². The molecule has 0 bridgehead atoms. The second-order valence-electron chi connectivity index (χ2n) is 9.80. The third-order valence-electron chi connectivity index (χ3n) is 6.70. The van der Waals surface area contributed by atoms with Crippen molar-refractivity contribution in [3.8, 4) is 11.5 Å². The zero-order valence-electron chi connectivity index (χ0n) is 24.1. The second-order valence-corrected chi connectivity index (χ2v) is 11.6. The Morgan fingerprint density at radius 1 is 1.02 bits per heavy atom. The molecule has 4 aromatic rings. The quantitative estimate of drug-likeness (QED) is 0.123. The fraction of sp³-hybridized carbons (Fsp3) is 0.281. The summed E-state index contributed by atoms with van der Waals surface area (Å²) in [4.78, 5) is 18.1. The van der Waals surface area contributed by atoms with Crippen molar-refractivity contribution in [1.82, 2.24) is 14.8 Å². The molecule has 1 unspecified atom stereocenters. The van der Waals surface area contributed by atoms with E-state index in [0.29, 0.717) is 75.9 Å². The lowest BCUT2D eigenvalue weighted by molar-refractivity contribution is -0.139. The van der Waals surface area contributed by atoms with E-state index in [1.807, 2.05) is 87.5 Å². The fourth-order valence-electron chi connectivity index (χ4n) is 4.62. The number of rotatable bonds is 12. The minimum atomic E-state index is -0.604. The number of esters is 1. The number of aromatic nitrogens is 3. The van der Waals surface area contributed by atoms with Gasteiger partial charge in [0.25, 0.3) is 0 Å². The van der Waals surface area contributed by atoms with Gasteiger partial charge in [-0.2, -0.15) is 4.98 Å². The topological polar surface area (TPSA) is 87.5 Å². The molecule has 0 aliphatic carbocycles. The number of anilines is 1. The standard InChI is InChI=1S/C32H32Cl2N4O4S/c1-4-16-41-30(39)28-20(3)35-31-36-32(43-19-23-8-6-7-9-25(23)34)37-38(31)29(28)22-12-15-26(27(17-22)40-5-2)42-18-21-10-13-24(33)14-11-21/h6-15,17,29H,4-5,16,18-19H2,1-3H3,(H,35,36,37). The lowest BCUT2D eigenvalue weighted by Gasteiger charge is -2.28. The first kappa shape index (κ1) is 30.8. The van der Waals surface area contributed by atoms with Crippen LogP contribution in [0.2, 0.25) is 10.0 Å². The highest BCUT2D eigenvalue weighted by atomic mass is 35.5. The van der Waals surface area contributed by atoms with Crippen molar-refractivity contribution in [1.29, 1.82) is 0 Å². The van der Waals surface area contributed by atoms with Crippen LogP contribution in [0.1, 0.15) is 49.9 Å². The van der Waals surface area contributed by atoms with Crippen LogP contribution in [0.3, 0.4) is 0 Å². The Bertz CT molecular complexity index is 1620. The van der Waals surface area contributed by atoms with Crippen LogP contribution in [0, 0.1) is 0 Å². The number of carbonyl (C=O) groups is 1. The van der Waals surface area contributed by atoms with E-state index in [4.69, 9.17) is 47.5 Å². The minimum absolute atomic E-state index is 0.313. The van der Waals surface area contributed by atoms with Crippen molar-refractivity contribution in [3.63, 3.8) is 0 Å². The number of hydrogen-bond donors (Lipinski definition) is 1. The van der Waals surface area contributed by atoms with E-state index < -0.39 is 12.0 Å². The maximum atomic E-state index is 13.4. The van der Waals surface area contributed by atoms with E-state index in [1.54, 1.807) is 4.68 Å². The summed E-state index contributed by atoms with van der Waals surface area (Å²) < 4.78 is 19.5. The number of ether oxygens (including phenoxy) is 3. The largest absolute Gasteiger partial charge is 0.490 e. The van der Waals surface area contributed by atoms with Crippen LogP contribution in [0.15, 0.2) is 83.2 Å². The Morgan fingerprint density at radius 2 is 1.81 bits per heavy atom. The Labute approximate surface area is 265 Å². The third-order valence-corrected chi connectivity index (χ3v) is 8.20. The molecule has 0 saturated heterocycles. The highest BCUT2D eigenvalue weighted by Gasteiger charge is 2.36. The van der Waals surface area contributed by atoms with Gasteiger partial charge in [-0.05, 0) is 67.3 Å². The molecule has 0 spiro atoms. The summed E-state index contributed by atoms with van der Waals surface area (Å²) in [6.45, 7) is 6.81. The Kier molecular flexibility index (Phi) is 10.2. The van der Waals surface area contributed by atoms with Crippen LogP contribution in [-0.2, 0) is 21.9 Å². The van der Waals surface area contributed by atoms with Gasteiger partial charge >= 0.3 is 5.97 Å². The molecular formula is C32H32Cl2N4O4S. The van der Waals surface area contributed by atoms with Gasteiger partial charge in [0.15, 0.2) is 11.5 Å². The number of fused-ring (bicyclic) bond motifs is 1. The molecule has 0 saturated carbocycles. The average molecular weight is 640 g/mol. The summed E-state index contributed by atoms with van der Waals surface area (Å²) in [5.41, 5.74) is 3.84. The van der Waals surface area contributed by atoms with Crippen molar-refractivity contribution >= 4 is 46.9 Å². The summed E-state index contributed by atoms with van der Waals surface area (Å²) in [6, 6.07) is 20.2. The lowest BCUT2D eigenvalue weighted by atomic mass is 9.95. The fourth-order valence-corrected chi connectivity index (χ4v) is 5.86. The van der Waals surface area contributed by atoms with E-state index >= 15 is 0 Å². The molecule has 43 heavy (non-hydrogen) atoms. The molecule has 1 aliphatic heterocycles. The van der Waals surface area contributed by atoms with Crippen LogP contribution in [0.25, 0.3) is 0 Å². The first-order valence-electron chi connectivity index (χ1n) is 14.0. The van der Waals surface area contributed by atoms with Crippen molar-refractivity contribution in [2.75, 3.05) is 18.5 Å². The Balaban J connectivity index is 1.48. The first-order valence-corrected chi connectivity index (χ1v) is 15.7. The van der Waals surface area contributed by atoms with Crippen LogP contribution < -0.4 is 14.8 Å². The van der Waals surface area contributed by atoms with Gasteiger partial charge in [-0.1, -0.05) is 78.3 Å². The zero-order chi connectivity index (χ0) is 30.3. The van der Waals surface area contributed by atoms with Crippen molar-refractivity contribution in [2.45, 2.75) is 50.8 Å². The highest BCUT2D eigenvalue weighted by molar-refractivity contribution is 7.98. The van der Waals surface area contributed by atoms with Gasteiger partial charge < -0.3 is 19.5 Å². The van der Waals surface area contributed by atoms with Gasteiger partial charge in [0.1, 0.15) is 12.6 Å². The maximum Gasteiger partial charge on any atom is 0.338 e. The van der Waals surface area contributed by atoms with E-state index in [9.17, 15) is 4.79 Å². The van der Waals surface area contributed by atoms with Gasteiger partial charge in [0.05, 0.1) is 18.8 Å². The number of nitrogens with zero attached hydrogens (tertiary/aromatic N) is 3. The van der Waals surface area contributed by atoms with Gasteiger partial charge in [-0.15, -0.1) is 5.10 Å². The summed E-state index contributed by atoms with van der Waals surface area (Å²) in [5.74, 6) is 1.85. The normalized spacial score (nSPS) is 14.2. The SMILES string of the molecule is CCCOC(=O)C1=C(C)Nc2nc(SCc3ccccc3Cl)nn2C1c1ccc(OCc2ccc(Cl)cc2)c(OCC)c1. The van der Waals surface area contributed by atoms with E-state index in [2.05, 4.69) is 5.32 Å². The van der Waals surface area contributed by atoms with Crippen LogP contribution in [0.4, 0.5) is 5.95 Å². The highest BCUT2D eigenvalue weighted by Crippen LogP contribution is 2.40. The molecule has 3 aromatic carbocycles. The molecule has 0 radical (unpaired) electrons. The summed E-state index contributed by atoms with van der Waals surface area (Å²) >= 11 is 13.9. The van der Waals surface area contributed by atoms with Crippen LogP contribution >= 0.6 is 35.0 Å². The predicted octanol–water partition coefficient (Wildman–Crippen LogP) is 8.10. The number of allylic oxidation sites excluding steroid dienone is 1. The third kappa shape index (κ3) is 7.29. The van der Waals surface area contributed by atoms with E-state index in [-0.39, 0.29) is 0 Å². The minimum Gasteiger partial charge on any atom is -0.490 e. The monoisotopic (exact) mass is 638 g/mol. The van der Waals surface area contributed by atoms with Crippen molar-refractivity contribution in [2.24, 2.45) is 0 Å². The molecule has 1 aliphatic rings. The second kappa shape index (κ2) is 14.2. The molecule has 5 rings (SSSR count). The lowest BCUT2D eigenvalue weighted by Crippen LogP contribution is -2.29. The molecule has 1 N–H and O–H groups in total. The van der Waals surface area contributed by atoms with Gasteiger partial charge in [-0.25, -0.2) is 9.48 Å². The van der Waals surface area contributed by atoms with Gasteiger partial charge in [-0.3, -0.25) is 0 Å². The van der Waals surface area contributed by atoms with Crippen molar-refractivity contribution < 1.29 is 19.0 Å². The first-order chi connectivity index (χ1) is 20.9. The Hall–Kier alpha value is -3.66. The molecule has 0 amide bonds. The molecule has 8 nitrogen and oxygen atoms in total. The number of benzene rings is 3. The van der Waals surface area contributed by atoms with Crippen LogP contribution in [0.5, 0.6) is 11.5 Å². The molecule has 2 heterocycles. The van der Waals surface area contributed by atoms with E-state index in [1.165, 1.54) is 11.8 Å². The zero-order valence-corrected chi connectivity index (χ0v) is 26.4. The molecule has 224 valence electrons. The molecule has 1 aromatic heterocycles. The van der Waals surface area contributed by atoms with E-state index in [0.717, 1.165) is 16.7 Å². The molecule has 0 fully saturated rings. The van der Waals surface area contributed by atoms with Crippen molar-refractivity contribution in [3.05, 3.63) is 105 Å². The number of thioether (sulfide) groups is 1. The van der Waals surface area contributed by atoms with Gasteiger partial charge in [0, 0.05) is 21.5 Å². The molecule has 1 atom stereocenters. The molecule has 11 heteroatoms. The Morgan fingerprint density at radius 3 is 2.56 bits per heavy atom. The molecular weight excluding hydrogens is 607 g/mol. The summed E-state index contributed by atoms with van der Waals surface area (Å²) in [5, 5.41) is 9.98. The predicted molar refractivity (Wildman–Crippen MR) is 170 cm³/mol. The number of halogens is 2. The van der Waals surface area contributed by atoms with Crippen LogP contribution in [-0.4, -0.2) is 33.9 Å².